The lowest BCUT2D eigenvalue weighted by molar-refractivity contribution is 0.411. The molecule has 0 unspecified atom stereocenters. The molecule has 0 radical (unpaired) electrons. The van der Waals surface area contributed by atoms with Crippen LogP contribution in [-0.4, -0.2) is 17.3 Å². The van der Waals surface area contributed by atoms with Crippen LogP contribution in [0.1, 0.15) is 30.7 Å². The van der Waals surface area contributed by atoms with Gasteiger partial charge >= 0.3 is 0 Å². The molecule has 0 fully saturated rings. The quantitative estimate of drug-likeness (QED) is 0.884. The first-order chi connectivity index (χ1) is 10.2. The molecular formula is C16H21N3O2. The molecule has 21 heavy (non-hydrogen) atoms. The molecular weight excluding hydrogens is 266 g/mol. The monoisotopic (exact) mass is 287 g/mol. The van der Waals surface area contributed by atoms with Gasteiger partial charge < -0.3 is 15.2 Å². The van der Waals surface area contributed by atoms with Gasteiger partial charge in [-0.1, -0.05) is 13.8 Å². The molecule has 0 saturated carbocycles. The molecule has 1 aromatic heterocycles. The lowest BCUT2D eigenvalue weighted by atomic mass is 10.0. The number of nitrogens with two attached hydrogens (primary N) is 1. The third-order valence-corrected chi connectivity index (χ3v) is 3.40. The van der Waals surface area contributed by atoms with Gasteiger partial charge in [-0.05, 0) is 42.7 Å². The lowest BCUT2D eigenvalue weighted by Gasteiger charge is -2.14. The van der Waals surface area contributed by atoms with Gasteiger partial charge in [-0.3, -0.25) is 0 Å². The fourth-order valence-corrected chi connectivity index (χ4v) is 2.28. The summed E-state index contributed by atoms with van der Waals surface area (Å²) in [4.78, 5) is 0. The van der Waals surface area contributed by atoms with Crippen molar-refractivity contribution in [3.8, 4) is 17.4 Å². The molecule has 2 N–H and O–H groups in total. The van der Waals surface area contributed by atoms with Crippen molar-refractivity contribution in [3.05, 3.63) is 41.1 Å². The third-order valence-electron chi connectivity index (χ3n) is 3.40. The predicted octanol–water partition coefficient (Wildman–Crippen LogP) is 2.86. The highest BCUT2D eigenvalue weighted by Crippen LogP contribution is 2.27. The van der Waals surface area contributed by atoms with Crippen LogP contribution in [0.15, 0.2) is 24.3 Å². The van der Waals surface area contributed by atoms with E-state index in [1.54, 1.807) is 7.11 Å². The molecule has 0 amide bonds. The molecule has 0 aliphatic rings. The Morgan fingerprint density at radius 2 is 1.62 bits per heavy atom. The SMILES string of the molecule is CCc1nnc(Oc2ccc(OC)cc2)c(CN)c1CC. The van der Waals surface area contributed by atoms with Crippen molar-refractivity contribution in [2.24, 2.45) is 5.73 Å². The number of ether oxygens (including phenoxy) is 2. The number of hydrogen-bond acceptors (Lipinski definition) is 5. The van der Waals surface area contributed by atoms with Crippen molar-refractivity contribution in [1.29, 1.82) is 0 Å². The molecule has 0 bridgehead atoms. The van der Waals surface area contributed by atoms with Crippen molar-refractivity contribution < 1.29 is 9.47 Å². The number of methoxy groups -OCH3 is 1. The summed E-state index contributed by atoms with van der Waals surface area (Å²) in [6, 6.07) is 7.35. The highest BCUT2D eigenvalue weighted by molar-refractivity contribution is 5.40. The minimum absolute atomic E-state index is 0.386. The average Bonchev–Trinajstić information content (AvgIpc) is 2.54. The van der Waals surface area contributed by atoms with Crippen molar-refractivity contribution in [2.75, 3.05) is 7.11 Å². The van der Waals surface area contributed by atoms with Gasteiger partial charge in [-0.15, -0.1) is 5.10 Å². The molecule has 112 valence electrons. The lowest BCUT2D eigenvalue weighted by Crippen LogP contribution is -2.10. The highest BCUT2D eigenvalue weighted by Gasteiger charge is 2.15. The summed E-state index contributed by atoms with van der Waals surface area (Å²) in [5.74, 6) is 1.95. The first kappa shape index (κ1) is 15.3. The van der Waals surface area contributed by atoms with Crippen LogP contribution in [0.2, 0.25) is 0 Å². The predicted molar refractivity (Wildman–Crippen MR) is 81.7 cm³/mol. The maximum absolute atomic E-state index is 5.88. The number of aryl methyl sites for hydroxylation is 1. The molecule has 0 saturated heterocycles. The van der Waals surface area contributed by atoms with Gasteiger partial charge in [0.1, 0.15) is 11.5 Å². The molecule has 0 aliphatic heterocycles. The normalized spacial score (nSPS) is 10.5. The van der Waals surface area contributed by atoms with Crippen LogP contribution in [0.5, 0.6) is 17.4 Å². The van der Waals surface area contributed by atoms with Gasteiger partial charge in [0.2, 0.25) is 5.88 Å². The second-order valence-corrected chi connectivity index (χ2v) is 4.60. The van der Waals surface area contributed by atoms with Crippen molar-refractivity contribution in [1.82, 2.24) is 10.2 Å². The van der Waals surface area contributed by atoms with E-state index in [4.69, 9.17) is 15.2 Å². The first-order valence-electron chi connectivity index (χ1n) is 7.12. The highest BCUT2D eigenvalue weighted by atomic mass is 16.5. The Kier molecular flexibility index (Phi) is 5.11. The summed E-state index contributed by atoms with van der Waals surface area (Å²) in [7, 11) is 1.63. The second kappa shape index (κ2) is 7.04. The summed E-state index contributed by atoms with van der Waals surface area (Å²) in [6.07, 6.45) is 1.70. The van der Waals surface area contributed by atoms with Crippen molar-refractivity contribution in [2.45, 2.75) is 33.2 Å². The Balaban J connectivity index is 2.34. The van der Waals surface area contributed by atoms with Crippen molar-refractivity contribution in [3.63, 3.8) is 0 Å². The van der Waals surface area contributed by atoms with Gasteiger partial charge in [-0.25, -0.2) is 0 Å². The summed E-state index contributed by atoms with van der Waals surface area (Å²) in [5, 5.41) is 8.43. The standard InChI is InChI=1S/C16H21N3O2/c1-4-13-14(10-17)16(19-18-15(13)5-2)21-12-8-6-11(20-3)7-9-12/h6-9H,4-5,10,17H2,1-3H3. The number of rotatable bonds is 6. The van der Waals surface area contributed by atoms with E-state index in [1.807, 2.05) is 24.3 Å². The van der Waals surface area contributed by atoms with E-state index in [0.29, 0.717) is 18.2 Å². The van der Waals surface area contributed by atoms with Crippen LogP contribution in [0, 0.1) is 0 Å². The minimum Gasteiger partial charge on any atom is -0.497 e. The average molecular weight is 287 g/mol. The van der Waals surface area contributed by atoms with E-state index in [1.165, 1.54) is 0 Å². The first-order valence-corrected chi connectivity index (χ1v) is 7.12. The van der Waals surface area contributed by atoms with Gasteiger partial charge in [0.15, 0.2) is 0 Å². The maximum Gasteiger partial charge on any atom is 0.243 e. The molecule has 5 heteroatoms. The summed E-state index contributed by atoms with van der Waals surface area (Å²) in [5.41, 5.74) is 8.94. The smallest absolute Gasteiger partial charge is 0.243 e. The number of nitrogens with zero attached hydrogens (tertiary/aromatic N) is 2. The second-order valence-electron chi connectivity index (χ2n) is 4.60. The Morgan fingerprint density at radius 3 is 2.14 bits per heavy atom. The zero-order valence-corrected chi connectivity index (χ0v) is 12.7. The van der Waals surface area contributed by atoms with Crippen LogP contribution >= 0.6 is 0 Å². The molecule has 2 rings (SSSR count). The van der Waals surface area contributed by atoms with E-state index in [2.05, 4.69) is 24.0 Å². The minimum atomic E-state index is 0.386. The molecule has 0 aliphatic carbocycles. The number of aromatic nitrogens is 2. The zero-order chi connectivity index (χ0) is 15.2. The number of hydrogen-bond donors (Lipinski definition) is 1. The molecule has 1 heterocycles. The van der Waals surface area contributed by atoms with E-state index in [-0.39, 0.29) is 0 Å². The molecule has 1 aromatic carbocycles. The number of benzene rings is 1. The van der Waals surface area contributed by atoms with Crippen molar-refractivity contribution >= 4 is 0 Å². The summed E-state index contributed by atoms with van der Waals surface area (Å²) < 4.78 is 11.0. The summed E-state index contributed by atoms with van der Waals surface area (Å²) in [6.45, 7) is 4.54. The Labute approximate surface area is 125 Å². The van der Waals surface area contributed by atoms with Crippen LogP contribution in [0.4, 0.5) is 0 Å². The third kappa shape index (κ3) is 3.31. The van der Waals surface area contributed by atoms with Crippen LogP contribution in [-0.2, 0) is 19.4 Å². The zero-order valence-electron chi connectivity index (χ0n) is 12.7. The molecule has 0 spiro atoms. The Hall–Kier alpha value is -2.14. The topological polar surface area (TPSA) is 70.3 Å². The molecule has 5 nitrogen and oxygen atoms in total. The van der Waals surface area contributed by atoms with Gasteiger partial charge in [0, 0.05) is 12.1 Å². The van der Waals surface area contributed by atoms with Gasteiger partial charge in [-0.2, -0.15) is 5.10 Å². The van der Waals surface area contributed by atoms with Gasteiger partial charge in [0.25, 0.3) is 0 Å². The summed E-state index contributed by atoms with van der Waals surface area (Å²) >= 11 is 0. The van der Waals surface area contributed by atoms with E-state index in [9.17, 15) is 0 Å². The molecule has 0 atom stereocenters. The Bertz CT molecular complexity index is 597. The van der Waals surface area contributed by atoms with Gasteiger partial charge in [0.05, 0.1) is 12.8 Å². The largest absolute Gasteiger partial charge is 0.497 e. The van der Waals surface area contributed by atoms with Crippen LogP contribution < -0.4 is 15.2 Å². The van der Waals surface area contributed by atoms with Crippen LogP contribution in [0.25, 0.3) is 0 Å². The van der Waals surface area contributed by atoms with Crippen LogP contribution in [0.3, 0.4) is 0 Å². The Morgan fingerprint density at radius 1 is 0.952 bits per heavy atom. The van der Waals surface area contributed by atoms with E-state index < -0.39 is 0 Å². The molecule has 2 aromatic rings. The van der Waals surface area contributed by atoms with E-state index in [0.717, 1.165) is 35.4 Å². The fraction of sp³-hybridized carbons (Fsp3) is 0.375. The maximum atomic E-state index is 5.88. The van der Waals surface area contributed by atoms with E-state index >= 15 is 0 Å². The fourth-order valence-electron chi connectivity index (χ4n) is 2.28.